The van der Waals surface area contributed by atoms with Gasteiger partial charge in [-0.25, -0.2) is 0 Å². The summed E-state index contributed by atoms with van der Waals surface area (Å²) in [5.74, 6) is -0.0631. The fraction of sp³-hybridized carbons (Fsp3) is 0.500. The SMILES string of the molecule is CC1(C)CN(Cc2ccncc2)C(CC#N)C(=O)N1. The largest absolute Gasteiger partial charge is 0.349 e. The highest BCUT2D eigenvalue weighted by Crippen LogP contribution is 2.20. The van der Waals surface area contributed by atoms with Crippen LogP contribution in [0.3, 0.4) is 0 Å². The van der Waals surface area contributed by atoms with Crippen LogP contribution in [0.15, 0.2) is 24.5 Å². The Labute approximate surface area is 113 Å². The van der Waals surface area contributed by atoms with Gasteiger partial charge in [-0.05, 0) is 31.5 Å². The normalized spacial score (nSPS) is 22.6. The Hall–Kier alpha value is -1.93. The molecule has 0 bridgehead atoms. The van der Waals surface area contributed by atoms with E-state index in [1.807, 2.05) is 26.0 Å². The fourth-order valence-electron chi connectivity index (χ4n) is 2.44. The van der Waals surface area contributed by atoms with Crippen molar-refractivity contribution in [2.24, 2.45) is 0 Å². The second-order valence-electron chi connectivity index (χ2n) is 5.51. The zero-order valence-electron chi connectivity index (χ0n) is 11.3. The first-order valence-electron chi connectivity index (χ1n) is 6.34. The van der Waals surface area contributed by atoms with Crippen molar-refractivity contribution in [3.8, 4) is 6.07 Å². The maximum absolute atomic E-state index is 12.1. The average molecular weight is 258 g/mol. The lowest BCUT2D eigenvalue weighted by Gasteiger charge is -2.43. The number of hydrogen-bond donors (Lipinski definition) is 1. The number of pyridine rings is 1. The van der Waals surface area contributed by atoms with Gasteiger partial charge in [0.2, 0.25) is 5.91 Å². The minimum absolute atomic E-state index is 0.0631. The lowest BCUT2D eigenvalue weighted by Crippen LogP contribution is -2.64. The molecule has 1 aliphatic rings. The topological polar surface area (TPSA) is 69.0 Å². The lowest BCUT2D eigenvalue weighted by molar-refractivity contribution is -0.133. The molecule has 1 aromatic rings. The molecule has 0 aliphatic carbocycles. The standard InChI is InChI=1S/C14H18N4O/c1-14(2)10-18(9-11-4-7-16-8-5-11)12(3-6-15)13(19)17-14/h4-5,7-8,12H,3,9-10H2,1-2H3,(H,17,19). The number of amides is 1. The average Bonchev–Trinajstić information content (AvgIpc) is 2.34. The van der Waals surface area contributed by atoms with E-state index in [9.17, 15) is 4.79 Å². The van der Waals surface area contributed by atoms with Gasteiger partial charge >= 0.3 is 0 Å². The minimum atomic E-state index is -0.369. The van der Waals surface area contributed by atoms with E-state index in [1.165, 1.54) is 0 Å². The van der Waals surface area contributed by atoms with Crippen LogP contribution in [0.25, 0.3) is 0 Å². The Morgan fingerprint density at radius 2 is 2.21 bits per heavy atom. The van der Waals surface area contributed by atoms with Crippen LogP contribution < -0.4 is 5.32 Å². The van der Waals surface area contributed by atoms with Gasteiger partial charge in [0.1, 0.15) is 6.04 Å². The lowest BCUT2D eigenvalue weighted by atomic mass is 9.96. The zero-order chi connectivity index (χ0) is 13.9. The van der Waals surface area contributed by atoms with E-state index in [0.717, 1.165) is 12.1 Å². The molecule has 0 aromatic carbocycles. The number of piperazine rings is 1. The molecule has 5 nitrogen and oxygen atoms in total. The van der Waals surface area contributed by atoms with Crippen LogP contribution in [0.5, 0.6) is 0 Å². The molecule has 1 unspecified atom stereocenters. The third-order valence-electron chi connectivity index (χ3n) is 3.22. The van der Waals surface area contributed by atoms with Gasteiger partial charge < -0.3 is 5.32 Å². The minimum Gasteiger partial charge on any atom is -0.349 e. The molecule has 1 N–H and O–H groups in total. The molecule has 1 fully saturated rings. The van der Waals surface area contributed by atoms with Gasteiger partial charge in [0.05, 0.1) is 12.5 Å². The second kappa shape index (κ2) is 5.37. The van der Waals surface area contributed by atoms with Crippen molar-refractivity contribution >= 4 is 5.91 Å². The maximum atomic E-state index is 12.1. The van der Waals surface area contributed by atoms with E-state index in [4.69, 9.17) is 5.26 Å². The quantitative estimate of drug-likeness (QED) is 0.880. The second-order valence-corrected chi connectivity index (χ2v) is 5.51. The van der Waals surface area contributed by atoms with Gasteiger partial charge in [0, 0.05) is 31.0 Å². The van der Waals surface area contributed by atoms with Crippen LogP contribution in [0.1, 0.15) is 25.8 Å². The zero-order valence-corrected chi connectivity index (χ0v) is 11.3. The molecule has 1 aliphatic heterocycles. The predicted octanol–water partition coefficient (Wildman–Crippen LogP) is 1.07. The maximum Gasteiger partial charge on any atom is 0.238 e. The molecule has 1 amide bonds. The first-order valence-corrected chi connectivity index (χ1v) is 6.34. The van der Waals surface area contributed by atoms with Crippen molar-refractivity contribution in [1.82, 2.24) is 15.2 Å². The first kappa shape index (κ1) is 13.5. The van der Waals surface area contributed by atoms with Crippen LogP contribution in [-0.2, 0) is 11.3 Å². The summed E-state index contributed by atoms with van der Waals surface area (Å²) in [4.78, 5) is 18.1. The summed E-state index contributed by atoms with van der Waals surface area (Å²) in [6, 6.07) is 5.59. The van der Waals surface area contributed by atoms with Crippen molar-refractivity contribution in [1.29, 1.82) is 5.26 Å². The fourth-order valence-corrected chi connectivity index (χ4v) is 2.44. The van der Waals surface area contributed by atoms with Crippen LogP contribution in [0.4, 0.5) is 0 Å². The third kappa shape index (κ3) is 3.30. The number of carbonyl (C=O) groups is 1. The van der Waals surface area contributed by atoms with Crippen LogP contribution in [-0.4, -0.2) is 33.9 Å². The number of aromatic nitrogens is 1. The van der Waals surface area contributed by atoms with Crippen LogP contribution in [0.2, 0.25) is 0 Å². The van der Waals surface area contributed by atoms with Crippen molar-refractivity contribution in [2.75, 3.05) is 6.54 Å². The molecule has 5 heteroatoms. The molecule has 19 heavy (non-hydrogen) atoms. The molecular weight excluding hydrogens is 240 g/mol. The summed E-state index contributed by atoms with van der Waals surface area (Å²) in [6.07, 6.45) is 3.70. The highest BCUT2D eigenvalue weighted by Gasteiger charge is 2.38. The molecule has 100 valence electrons. The molecule has 1 saturated heterocycles. The molecule has 0 saturated carbocycles. The Bertz CT molecular complexity index is 492. The van der Waals surface area contributed by atoms with Gasteiger partial charge in [-0.3, -0.25) is 14.7 Å². The molecular formula is C14H18N4O. The molecule has 2 rings (SSSR count). The van der Waals surface area contributed by atoms with Gasteiger partial charge in [0.15, 0.2) is 0 Å². The van der Waals surface area contributed by atoms with Crippen LogP contribution >= 0.6 is 0 Å². The number of carbonyl (C=O) groups excluding carboxylic acids is 1. The van der Waals surface area contributed by atoms with E-state index < -0.39 is 0 Å². The van der Waals surface area contributed by atoms with E-state index in [1.54, 1.807) is 12.4 Å². The van der Waals surface area contributed by atoms with Gasteiger partial charge in [-0.1, -0.05) is 0 Å². The van der Waals surface area contributed by atoms with Crippen molar-refractivity contribution in [3.63, 3.8) is 0 Å². The van der Waals surface area contributed by atoms with E-state index in [-0.39, 0.29) is 23.9 Å². The predicted molar refractivity (Wildman–Crippen MR) is 70.9 cm³/mol. The molecule has 0 spiro atoms. The number of nitrogens with zero attached hydrogens (tertiary/aromatic N) is 3. The highest BCUT2D eigenvalue weighted by molar-refractivity contribution is 5.83. The Kier molecular flexibility index (Phi) is 3.82. The third-order valence-corrected chi connectivity index (χ3v) is 3.22. The van der Waals surface area contributed by atoms with E-state index in [2.05, 4.69) is 21.3 Å². The van der Waals surface area contributed by atoms with Gasteiger partial charge in [-0.2, -0.15) is 5.26 Å². The molecule has 1 aromatic heterocycles. The highest BCUT2D eigenvalue weighted by atomic mass is 16.2. The number of rotatable bonds is 3. The number of nitriles is 1. The van der Waals surface area contributed by atoms with E-state index in [0.29, 0.717) is 6.54 Å². The Morgan fingerprint density at radius 1 is 1.53 bits per heavy atom. The summed E-state index contributed by atoms with van der Waals surface area (Å²) >= 11 is 0. The van der Waals surface area contributed by atoms with Gasteiger partial charge in [0.25, 0.3) is 0 Å². The number of hydrogen-bond acceptors (Lipinski definition) is 4. The monoisotopic (exact) mass is 258 g/mol. The molecule has 2 heterocycles. The van der Waals surface area contributed by atoms with Crippen molar-refractivity contribution < 1.29 is 4.79 Å². The Balaban J connectivity index is 2.18. The van der Waals surface area contributed by atoms with Crippen LogP contribution in [0, 0.1) is 11.3 Å². The Morgan fingerprint density at radius 3 is 2.84 bits per heavy atom. The summed E-state index contributed by atoms with van der Waals surface area (Å²) < 4.78 is 0. The summed E-state index contributed by atoms with van der Waals surface area (Å²) in [5.41, 5.74) is 0.833. The van der Waals surface area contributed by atoms with Gasteiger partial charge in [-0.15, -0.1) is 0 Å². The summed E-state index contributed by atoms with van der Waals surface area (Å²) in [6.45, 7) is 5.37. The smallest absolute Gasteiger partial charge is 0.238 e. The van der Waals surface area contributed by atoms with Crippen molar-refractivity contribution in [3.05, 3.63) is 30.1 Å². The number of nitrogens with one attached hydrogen (secondary N) is 1. The summed E-state index contributed by atoms with van der Waals surface area (Å²) in [5, 5.41) is 11.8. The summed E-state index contributed by atoms with van der Waals surface area (Å²) in [7, 11) is 0. The van der Waals surface area contributed by atoms with E-state index >= 15 is 0 Å². The molecule has 0 radical (unpaired) electrons. The van der Waals surface area contributed by atoms with Crippen molar-refractivity contribution in [2.45, 2.75) is 38.4 Å². The first-order chi connectivity index (χ1) is 9.02. The molecule has 1 atom stereocenters.